The van der Waals surface area contributed by atoms with E-state index in [9.17, 15) is 4.39 Å². The lowest BCUT2D eigenvalue weighted by Crippen LogP contribution is -2.11. The van der Waals surface area contributed by atoms with Gasteiger partial charge in [0.2, 0.25) is 0 Å². The van der Waals surface area contributed by atoms with Crippen molar-refractivity contribution in [2.45, 2.75) is 25.9 Å². The van der Waals surface area contributed by atoms with Gasteiger partial charge in [0.05, 0.1) is 0 Å². The van der Waals surface area contributed by atoms with E-state index in [1.807, 2.05) is 31.2 Å². The fraction of sp³-hybridized carbons (Fsp3) is 0.455. The number of alkyl halides is 1. The summed E-state index contributed by atoms with van der Waals surface area (Å²) in [5.41, 5.74) is 7.51. The van der Waals surface area contributed by atoms with Crippen molar-refractivity contribution in [2.75, 3.05) is 6.54 Å². The zero-order valence-corrected chi connectivity index (χ0v) is 7.96. The van der Waals surface area contributed by atoms with Crippen LogP contribution in [0.25, 0.3) is 0 Å². The largest absolute Gasteiger partial charge is 0.330 e. The first-order valence-corrected chi connectivity index (χ1v) is 4.62. The van der Waals surface area contributed by atoms with Crippen LogP contribution in [0.3, 0.4) is 0 Å². The van der Waals surface area contributed by atoms with Crippen LogP contribution in [0, 0.1) is 6.92 Å². The van der Waals surface area contributed by atoms with Crippen molar-refractivity contribution in [1.82, 2.24) is 0 Å². The summed E-state index contributed by atoms with van der Waals surface area (Å²) in [5.74, 6) is 0. The van der Waals surface area contributed by atoms with Gasteiger partial charge in [-0.25, -0.2) is 4.39 Å². The quantitative estimate of drug-likeness (QED) is 0.757. The molecule has 1 nitrogen and oxygen atoms in total. The molecule has 0 spiro atoms. The highest BCUT2D eigenvalue weighted by atomic mass is 19.1. The van der Waals surface area contributed by atoms with Crippen molar-refractivity contribution in [2.24, 2.45) is 5.73 Å². The summed E-state index contributed by atoms with van der Waals surface area (Å²) < 4.78 is 13.1. The van der Waals surface area contributed by atoms with Gasteiger partial charge in [0, 0.05) is 6.42 Å². The molecule has 13 heavy (non-hydrogen) atoms. The van der Waals surface area contributed by atoms with Crippen molar-refractivity contribution >= 4 is 0 Å². The van der Waals surface area contributed by atoms with Crippen molar-refractivity contribution in [3.63, 3.8) is 0 Å². The molecule has 0 heterocycles. The molecular weight excluding hydrogens is 165 g/mol. The summed E-state index contributed by atoms with van der Waals surface area (Å²) in [5, 5.41) is 0. The zero-order chi connectivity index (χ0) is 9.68. The van der Waals surface area contributed by atoms with E-state index in [-0.39, 0.29) is 0 Å². The first-order chi connectivity index (χ1) is 6.22. The number of aryl methyl sites for hydroxylation is 1. The summed E-state index contributed by atoms with van der Waals surface area (Å²) in [6.07, 6.45) is 0.138. The Hall–Kier alpha value is -0.890. The highest BCUT2D eigenvalue weighted by Gasteiger charge is 2.05. The molecule has 1 atom stereocenters. The maximum Gasteiger partial charge on any atom is 0.105 e. The lowest BCUT2D eigenvalue weighted by Gasteiger charge is -2.06. The molecule has 1 aromatic rings. The summed E-state index contributed by atoms with van der Waals surface area (Å²) in [4.78, 5) is 0. The molecule has 0 saturated heterocycles. The number of rotatable bonds is 4. The van der Waals surface area contributed by atoms with Gasteiger partial charge in [0.25, 0.3) is 0 Å². The monoisotopic (exact) mass is 181 g/mol. The van der Waals surface area contributed by atoms with Crippen LogP contribution >= 0.6 is 0 Å². The van der Waals surface area contributed by atoms with Crippen molar-refractivity contribution < 1.29 is 4.39 Å². The second-order valence-electron chi connectivity index (χ2n) is 3.37. The predicted molar refractivity (Wildman–Crippen MR) is 53.5 cm³/mol. The molecule has 2 heteroatoms. The Morgan fingerprint density at radius 1 is 1.46 bits per heavy atom. The van der Waals surface area contributed by atoms with Crippen LogP contribution in [0.4, 0.5) is 4.39 Å². The van der Waals surface area contributed by atoms with Crippen molar-refractivity contribution in [3.8, 4) is 0 Å². The van der Waals surface area contributed by atoms with E-state index in [2.05, 4.69) is 0 Å². The Labute approximate surface area is 78.8 Å². The molecule has 0 saturated carbocycles. The number of halogens is 1. The zero-order valence-electron chi connectivity index (χ0n) is 7.96. The van der Waals surface area contributed by atoms with E-state index in [0.29, 0.717) is 19.4 Å². The van der Waals surface area contributed by atoms with Gasteiger partial charge in [0.1, 0.15) is 6.17 Å². The Kier molecular flexibility index (Phi) is 3.90. The van der Waals surface area contributed by atoms with E-state index in [1.54, 1.807) is 0 Å². The normalized spacial score (nSPS) is 12.8. The van der Waals surface area contributed by atoms with Crippen molar-refractivity contribution in [3.05, 3.63) is 35.4 Å². The third-order valence-electron chi connectivity index (χ3n) is 2.02. The van der Waals surface area contributed by atoms with Crippen LogP contribution in [0.5, 0.6) is 0 Å². The van der Waals surface area contributed by atoms with E-state index in [4.69, 9.17) is 5.73 Å². The minimum absolute atomic E-state index is 0.424. The second-order valence-corrected chi connectivity index (χ2v) is 3.37. The average Bonchev–Trinajstić information content (AvgIpc) is 2.04. The Morgan fingerprint density at radius 2 is 2.23 bits per heavy atom. The van der Waals surface area contributed by atoms with Gasteiger partial charge in [-0.15, -0.1) is 0 Å². The van der Waals surface area contributed by atoms with Gasteiger partial charge in [0.15, 0.2) is 0 Å². The predicted octanol–water partition coefficient (Wildman–Crippen LogP) is 2.22. The van der Waals surface area contributed by atoms with E-state index in [0.717, 1.165) is 5.56 Å². The fourth-order valence-corrected chi connectivity index (χ4v) is 1.38. The van der Waals surface area contributed by atoms with Crippen LogP contribution in [0.1, 0.15) is 17.5 Å². The minimum Gasteiger partial charge on any atom is -0.330 e. The molecule has 1 rings (SSSR count). The lowest BCUT2D eigenvalue weighted by molar-refractivity contribution is 0.316. The topological polar surface area (TPSA) is 26.0 Å². The third-order valence-corrected chi connectivity index (χ3v) is 2.02. The minimum atomic E-state index is -0.799. The van der Waals surface area contributed by atoms with Gasteiger partial charge < -0.3 is 5.73 Å². The summed E-state index contributed by atoms with van der Waals surface area (Å²) >= 11 is 0. The smallest absolute Gasteiger partial charge is 0.105 e. The maximum absolute atomic E-state index is 13.1. The van der Waals surface area contributed by atoms with Gasteiger partial charge in [-0.1, -0.05) is 29.8 Å². The highest BCUT2D eigenvalue weighted by molar-refractivity contribution is 5.22. The molecule has 2 N–H and O–H groups in total. The Morgan fingerprint density at radius 3 is 2.85 bits per heavy atom. The number of hydrogen-bond acceptors (Lipinski definition) is 1. The van der Waals surface area contributed by atoms with Gasteiger partial charge in [-0.3, -0.25) is 0 Å². The molecule has 0 amide bonds. The average molecular weight is 181 g/mol. The van der Waals surface area contributed by atoms with Gasteiger partial charge in [-0.05, 0) is 25.5 Å². The standard InChI is InChI=1S/C11H16FN/c1-9-3-2-4-10(7-9)8-11(12)5-6-13/h2-4,7,11H,5-6,8,13H2,1H3. The SMILES string of the molecule is Cc1cccc(CC(F)CCN)c1. The Bertz CT molecular complexity index is 260. The highest BCUT2D eigenvalue weighted by Crippen LogP contribution is 2.10. The molecule has 1 aromatic carbocycles. The molecule has 0 fully saturated rings. The van der Waals surface area contributed by atoms with Gasteiger partial charge >= 0.3 is 0 Å². The van der Waals surface area contributed by atoms with E-state index in [1.165, 1.54) is 5.56 Å². The summed E-state index contributed by atoms with van der Waals surface area (Å²) in [6, 6.07) is 7.94. The first-order valence-electron chi connectivity index (χ1n) is 4.62. The summed E-state index contributed by atoms with van der Waals surface area (Å²) in [7, 11) is 0. The Balaban J connectivity index is 2.53. The van der Waals surface area contributed by atoms with Crippen LogP contribution < -0.4 is 5.73 Å². The van der Waals surface area contributed by atoms with Crippen LogP contribution in [0.2, 0.25) is 0 Å². The van der Waals surface area contributed by atoms with Crippen molar-refractivity contribution in [1.29, 1.82) is 0 Å². The first kappa shape index (κ1) is 10.2. The second kappa shape index (κ2) is 4.97. The molecule has 0 aliphatic carbocycles. The van der Waals surface area contributed by atoms with Crippen LogP contribution in [0.15, 0.2) is 24.3 Å². The molecule has 0 aromatic heterocycles. The lowest BCUT2D eigenvalue weighted by atomic mass is 10.0. The van der Waals surface area contributed by atoms with Gasteiger partial charge in [-0.2, -0.15) is 0 Å². The van der Waals surface area contributed by atoms with Crippen LogP contribution in [-0.2, 0) is 6.42 Å². The molecule has 72 valence electrons. The molecule has 0 aliphatic rings. The van der Waals surface area contributed by atoms with E-state index >= 15 is 0 Å². The fourth-order valence-electron chi connectivity index (χ4n) is 1.38. The van der Waals surface area contributed by atoms with E-state index < -0.39 is 6.17 Å². The molecule has 0 radical (unpaired) electrons. The summed E-state index contributed by atoms with van der Waals surface area (Å²) in [6.45, 7) is 2.44. The maximum atomic E-state index is 13.1. The third kappa shape index (κ3) is 3.55. The molecule has 0 bridgehead atoms. The number of nitrogens with two attached hydrogens (primary N) is 1. The van der Waals surface area contributed by atoms with Crippen LogP contribution in [-0.4, -0.2) is 12.7 Å². The number of benzene rings is 1. The molecule has 0 aliphatic heterocycles. The molecule has 1 unspecified atom stereocenters. The molecular formula is C11H16FN. The number of hydrogen-bond donors (Lipinski definition) is 1.